The van der Waals surface area contributed by atoms with Crippen LogP contribution in [0.4, 0.5) is 5.00 Å². The molecule has 1 aliphatic rings. The number of nitrogens with zero attached hydrogens (tertiary/aromatic N) is 3. The number of carbonyl (C=O) groups excluding carboxylic acids is 2. The second-order valence-electron chi connectivity index (χ2n) is 7.21. The van der Waals surface area contributed by atoms with E-state index >= 15 is 0 Å². The molecule has 1 aliphatic carbocycles. The number of esters is 1. The number of rotatable bonds is 9. The summed E-state index contributed by atoms with van der Waals surface area (Å²) >= 11 is 2.75. The maximum Gasteiger partial charge on any atom is 0.341 e. The lowest BCUT2D eigenvalue weighted by Crippen LogP contribution is -2.17. The van der Waals surface area contributed by atoms with E-state index in [1.54, 1.807) is 19.3 Å². The zero-order valence-electron chi connectivity index (χ0n) is 18.0. The van der Waals surface area contributed by atoms with E-state index in [9.17, 15) is 9.59 Å². The monoisotopic (exact) mass is 472 g/mol. The van der Waals surface area contributed by atoms with Crippen molar-refractivity contribution in [2.75, 3.05) is 17.7 Å². The van der Waals surface area contributed by atoms with Crippen molar-refractivity contribution in [3.8, 4) is 11.4 Å². The molecule has 10 heteroatoms. The minimum Gasteiger partial charge on any atom is -0.469 e. The van der Waals surface area contributed by atoms with E-state index in [-0.39, 0.29) is 17.6 Å². The summed E-state index contributed by atoms with van der Waals surface area (Å²) in [5.74, 6) is 0.952. The van der Waals surface area contributed by atoms with Gasteiger partial charge in [0, 0.05) is 11.4 Å². The number of furan rings is 1. The van der Waals surface area contributed by atoms with Crippen LogP contribution in [0.2, 0.25) is 0 Å². The van der Waals surface area contributed by atoms with Gasteiger partial charge in [0.05, 0.1) is 29.7 Å². The number of amides is 1. The summed E-state index contributed by atoms with van der Waals surface area (Å²) in [4.78, 5) is 26.4. The number of thiophene rings is 1. The molecule has 1 N–H and O–H groups in total. The molecule has 0 aromatic carbocycles. The number of fused-ring (bicyclic) bond motifs is 1. The van der Waals surface area contributed by atoms with Crippen LogP contribution in [0, 0.1) is 6.92 Å². The number of thioether (sulfide) groups is 1. The Morgan fingerprint density at radius 1 is 1.41 bits per heavy atom. The first-order valence-corrected chi connectivity index (χ1v) is 12.2. The second kappa shape index (κ2) is 9.74. The van der Waals surface area contributed by atoms with Crippen LogP contribution in [0.25, 0.3) is 11.4 Å². The fourth-order valence-corrected chi connectivity index (χ4v) is 5.75. The van der Waals surface area contributed by atoms with Crippen molar-refractivity contribution in [3.63, 3.8) is 0 Å². The van der Waals surface area contributed by atoms with Gasteiger partial charge in [0.15, 0.2) is 11.0 Å². The minimum atomic E-state index is -0.374. The molecule has 168 valence electrons. The third-order valence-corrected chi connectivity index (χ3v) is 7.29. The predicted octanol–water partition coefficient (Wildman–Crippen LogP) is 4.49. The molecule has 1 amide bonds. The molecule has 0 aliphatic heterocycles. The van der Waals surface area contributed by atoms with Crippen LogP contribution in [0.1, 0.15) is 39.9 Å². The summed E-state index contributed by atoms with van der Waals surface area (Å²) in [7, 11) is 0. The molecule has 0 fully saturated rings. The van der Waals surface area contributed by atoms with E-state index < -0.39 is 0 Å². The topological polar surface area (TPSA) is 99.2 Å². The van der Waals surface area contributed by atoms with E-state index in [2.05, 4.69) is 22.1 Å². The Hall–Kier alpha value is -2.85. The highest BCUT2D eigenvalue weighted by Crippen LogP contribution is 2.39. The maximum atomic E-state index is 12.7. The Bertz CT molecular complexity index is 1160. The predicted molar refractivity (Wildman–Crippen MR) is 124 cm³/mol. The average molecular weight is 473 g/mol. The van der Waals surface area contributed by atoms with E-state index in [1.165, 1.54) is 23.1 Å². The minimum absolute atomic E-state index is 0.129. The van der Waals surface area contributed by atoms with Gasteiger partial charge in [-0.25, -0.2) is 4.79 Å². The van der Waals surface area contributed by atoms with Crippen molar-refractivity contribution >= 4 is 40.0 Å². The zero-order valence-corrected chi connectivity index (χ0v) is 19.6. The quantitative estimate of drug-likeness (QED) is 0.278. The van der Waals surface area contributed by atoms with Crippen LogP contribution in [-0.4, -0.2) is 39.0 Å². The Morgan fingerprint density at radius 3 is 2.97 bits per heavy atom. The van der Waals surface area contributed by atoms with Gasteiger partial charge in [-0.2, -0.15) is 0 Å². The fraction of sp³-hybridized carbons (Fsp3) is 0.364. The highest BCUT2D eigenvalue weighted by molar-refractivity contribution is 7.99. The molecule has 0 spiro atoms. The van der Waals surface area contributed by atoms with Crippen molar-refractivity contribution in [2.45, 2.75) is 44.8 Å². The molecule has 0 saturated carbocycles. The Balaban J connectivity index is 1.49. The van der Waals surface area contributed by atoms with Crippen molar-refractivity contribution in [3.05, 3.63) is 46.7 Å². The molecule has 0 saturated heterocycles. The van der Waals surface area contributed by atoms with Crippen LogP contribution in [0.5, 0.6) is 0 Å². The smallest absolute Gasteiger partial charge is 0.341 e. The Labute approximate surface area is 194 Å². The van der Waals surface area contributed by atoms with Crippen molar-refractivity contribution in [1.82, 2.24) is 14.8 Å². The molecule has 4 rings (SSSR count). The number of anilines is 1. The molecule has 8 nitrogen and oxygen atoms in total. The third kappa shape index (κ3) is 4.37. The van der Waals surface area contributed by atoms with Crippen LogP contribution in [-0.2, 0) is 28.9 Å². The average Bonchev–Trinajstić information content (AvgIpc) is 3.52. The first kappa shape index (κ1) is 22.3. The Kier molecular flexibility index (Phi) is 6.80. The first-order chi connectivity index (χ1) is 15.5. The van der Waals surface area contributed by atoms with Crippen molar-refractivity contribution in [2.24, 2.45) is 0 Å². The van der Waals surface area contributed by atoms with Crippen LogP contribution < -0.4 is 5.32 Å². The van der Waals surface area contributed by atoms with Crippen molar-refractivity contribution < 1.29 is 18.7 Å². The van der Waals surface area contributed by atoms with Crippen LogP contribution in [0.15, 0.2) is 34.6 Å². The molecular weight excluding hydrogens is 448 g/mol. The van der Waals surface area contributed by atoms with Gasteiger partial charge in [0.25, 0.3) is 0 Å². The van der Waals surface area contributed by atoms with Gasteiger partial charge in [-0.05, 0) is 44.7 Å². The van der Waals surface area contributed by atoms with Gasteiger partial charge >= 0.3 is 5.97 Å². The number of hydrogen-bond donors (Lipinski definition) is 1. The lowest BCUT2D eigenvalue weighted by Gasteiger charge is -2.09. The van der Waals surface area contributed by atoms with Gasteiger partial charge in [0.1, 0.15) is 10.8 Å². The number of aromatic nitrogens is 3. The normalized spacial score (nSPS) is 12.6. The summed E-state index contributed by atoms with van der Waals surface area (Å²) < 4.78 is 12.5. The molecule has 0 bridgehead atoms. The zero-order chi connectivity index (χ0) is 22.7. The molecule has 3 aromatic heterocycles. The van der Waals surface area contributed by atoms with E-state index in [4.69, 9.17) is 9.15 Å². The van der Waals surface area contributed by atoms with Crippen LogP contribution in [0.3, 0.4) is 0 Å². The lowest BCUT2D eigenvalue weighted by molar-refractivity contribution is -0.113. The number of allylic oxidation sites excluding steroid dienone is 1. The molecule has 0 atom stereocenters. The number of ether oxygens (including phenoxy) is 1. The fourth-order valence-electron chi connectivity index (χ4n) is 3.71. The number of carbonyl (C=O) groups is 2. The molecule has 0 radical (unpaired) electrons. The van der Waals surface area contributed by atoms with E-state index in [0.29, 0.717) is 34.7 Å². The largest absolute Gasteiger partial charge is 0.469 e. The van der Waals surface area contributed by atoms with E-state index in [1.807, 2.05) is 17.6 Å². The highest BCUT2D eigenvalue weighted by Gasteiger charge is 2.28. The number of nitrogens with one attached hydrogen (secondary N) is 1. The second-order valence-corrected chi connectivity index (χ2v) is 9.26. The lowest BCUT2D eigenvalue weighted by atomic mass is 10.1. The molecule has 0 unspecified atom stereocenters. The summed E-state index contributed by atoms with van der Waals surface area (Å²) in [6.45, 7) is 8.24. The van der Waals surface area contributed by atoms with Gasteiger partial charge in [-0.1, -0.05) is 17.8 Å². The SMILES string of the molecule is C=CCn1c(SCC(=O)Nc2sc3c(c2C(=O)OCC)CCC3)nnc1-c1ccoc1C. The van der Waals surface area contributed by atoms with Gasteiger partial charge in [-0.15, -0.1) is 28.1 Å². The van der Waals surface area contributed by atoms with Gasteiger partial charge in [0.2, 0.25) is 5.91 Å². The standard InChI is InChI=1S/C22H24N4O4S2/c1-4-10-26-19(14-9-11-30-13(14)3)24-25-22(26)31-12-17(27)23-20-18(21(28)29-5-2)15-7-6-8-16(15)32-20/h4,9,11H,1,5-8,10,12H2,2-3H3,(H,23,27). The maximum absolute atomic E-state index is 12.7. The summed E-state index contributed by atoms with van der Waals surface area (Å²) in [5.41, 5.74) is 2.38. The van der Waals surface area contributed by atoms with Gasteiger partial charge < -0.3 is 14.5 Å². The summed E-state index contributed by atoms with van der Waals surface area (Å²) in [6.07, 6.45) is 6.15. The summed E-state index contributed by atoms with van der Waals surface area (Å²) in [5, 5.41) is 12.6. The summed E-state index contributed by atoms with van der Waals surface area (Å²) in [6, 6.07) is 1.84. The Morgan fingerprint density at radius 2 is 2.25 bits per heavy atom. The molecule has 3 aromatic rings. The molecule has 3 heterocycles. The van der Waals surface area contributed by atoms with Crippen molar-refractivity contribution in [1.29, 1.82) is 0 Å². The van der Waals surface area contributed by atoms with E-state index in [0.717, 1.165) is 41.0 Å². The molecular formula is C22H24N4O4S2. The molecule has 32 heavy (non-hydrogen) atoms. The first-order valence-electron chi connectivity index (χ1n) is 10.4. The number of aryl methyl sites for hydroxylation is 2. The van der Waals surface area contributed by atoms with Crippen LogP contribution >= 0.6 is 23.1 Å². The third-order valence-electron chi connectivity index (χ3n) is 5.11. The number of hydrogen-bond acceptors (Lipinski definition) is 8. The van der Waals surface area contributed by atoms with Gasteiger partial charge in [-0.3, -0.25) is 9.36 Å². The highest BCUT2D eigenvalue weighted by atomic mass is 32.2.